The predicted octanol–water partition coefficient (Wildman–Crippen LogP) is -0.246. The monoisotopic (exact) mass is 282 g/mol. The molecule has 0 aliphatic carbocycles. The molecule has 0 amide bonds. The zero-order chi connectivity index (χ0) is 13.2. The number of halogens is 3. The van der Waals surface area contributed by atoms with Gasteiger partial charge in [-0.05, 0) is 30.5 Å². The van der Waals surface area contributed by atoms with Crippen molar-refractivity contribution in [2.75, 3.05) is 5.73 Å². The third-order valence-corrected chi connectivity index (χ3v) is 2.71. The number of hydrogen-bond donors (Lipinski definition) is 1. The van der Waals surface area contributed by atoms with Crippen molar-refractivity contribution in [3.63, 3.8) is 0 Å². The number of nitrogen functional groups attached to an aromatic ring is 1. The summed E-state index contributed by atoms with van der Waals surface area (Å²) < 4.78 is 38.3. The van der Waals surface area contributed by atoms with E-state index in [0.29, 0.717) is 11.1 Å². The molecule has 18 heavy (non-hydrogen) atoms. The Hall–Kier alpha value is -0.179. The second-order valence-corrected chi connectivity index (χ2v) is 3.75. The summed E-state index contributed by atoms with van der Waals surface area (Å²) in [6, 6.07) is 1.01. The zero-order valence-corrected chi connectivity index (χ0v) is 13.5. The van der Waals surface area contributed by atoms with Crippen LogP contribution in [0, 0.1) is 13.8 Å². The van der Waals surface area contributed by atoms with Gasteiger partial charge in [-0.1, -0.05) is 16.7 Å². The minimum atomic E-state index is -5.12. The summed E-state index contributed by atoms with van der Waals surface area (Å²) in [5.41, 5.74) is 14.0. The van der Waals surface area contributed by atoms with E-state index in [0.717, 1.165) is 6.07 Å². The van der Waals surface area contributed by atoms with Gasteiger partial charge in [-0.25, -0.2) is 0 Å². The first-order valence-corrected chi connectivity index (χ1v) is 4.88. The van der Waals surface area contributed by atoms with E-state index in [-0.39, 0.29) is 69.2 Å². The van der Waals surface area contributed by atoms with Gasteiger partial charge in [0.25, 0.3) is 0 Å². The van der Waals surface area contributed by atoms with Crippen LogP contribution in [0.25, 0.3) is 10.4 Å². The minimum Gasteiger partial charge on any atom is -0.445 e. The molecule has 0 saturated carbocycles. The summed E-state index contributed by atoms with van der Waals surface area (Å²) in [6.07, 6.45) is 0. The van der Waals surface area contributed by atoms with Crippen LogP contribution in [-0.2, 0) is 6.54 Å². The third kappa shape index (κ3) is 3.91. The number of benzene rings is 1. The van der Waals surface area contributed by atoms with E-state index >= 15 is 0 Å². The Balaban J connectivity index is 0.00000289. The molecule has 0 fully saturated rings. The second kappa shape index (κ2) is 6.83. The second-order valence-electron chi connectivity index (χ2n) is 3.75. The first-order chi connectivity index (χ1) is 7.79. The van der Waals surface area contributed by atoms with Crippen molar-refractivity contribution >= 4 is 18.1 Å². The van der Waals surface area contributed by atoms with Crippen LogP contribution >= 0.6 is 0 Å². The van der Waals surface area contributed by atoms with Gasteiger partial charge in [-0.15, -0.1) is 5.46 Å². The van der Waals surface area contributed by atoms with Crippen molar-refractivity contribution in [1.29, 1.82) is 0 Å². The maximum absolute atomic E-state index is 12.8. The maximum Gasteiger partial charge on any atom is 1.00 e. The molecule has 9 heteroatoms. The van der Waals surface area contributed by atoms with Crippen LogP contribution < -0.4 is 62.6 Å². The fraction of sp³-hybridized carbons (Fsp3) is 0.333. The Morgan fingerprint density at radius 1 is 1.33 bits per heavy atom. The number of azide groups is 1. The molecule has 0 saturated heterocycles. The summed E-state index contributed by atoms with van der Waals surface area (Å²) in [6.45, 7) is -2.30. The van der Waals surface area contributed by atoms with Gasteiger partial charge < -0.3 is 18.7 Å². The summed E-state index contributed by atoms with van der Waals surface area (Å²) in [5.74, 6) is 0. The molecule has 0 unspecified atom stereocenters. The molecule has 2 N–H and O–H groups in total. The van der Waals surface area contributed by atoms with Gasteiger partial charge in [-0.2, -0.15) is 0 Å². The van der Waals surface area contributed by atoms with E-state index in [1.165, 1.54) is 6.92 Å². The number of nitrogens with two attached hydrogens (primary N) is 1. The Morgan fingerprint density at radius 2 is 1.89 bits per heavy atom. The van der Waals surface area contributed by atoms with Crippen LogP contribution in [0.4, 0.5) is 18.6 Å². The van der Waals surface area contributed by atoms with Crippen molar-refractivity contribution in [3.05, 3.63) is 33.2 Å². The summed E-state index contributed by atoms with van der Waals surface area (Å²) in [7, 11) is 0. The van der Waals surface area contributed by atoms with Crippen molar-refractivity contribution in [2.24, 2.45) is 5.11 Å². The zero-order valence-electron chi connectivity index (χ0n) is 10.4. The third-order valence-electron chi connectivity index (χ3n) is 2.71. The van der Waals surface area contributed by atoms with Crippen LogP contribution in [0.3, 0.4) is 0 Å². The number of anilines is 1. The fourth-order valence-corrected chi connectivity index (χ4v) is 1.63. The molecule has 0 atom stereocenters. The van der Waals surface area contributed by atoms with Crippen molar-refractivity contribution in [1.82, 2.24) is 0 Å². The average molecular weight is 282 g/mol. The van der Waals surface area contributed by atoms with Crippen LogP contribution in [0.2, 0.25) is 0 Å². The first kappa shape index (κ1) is 17.8. The van der Waals surface area contributed by atoms with Crippen LogP contribution in [-0.4, -0.2) is 6.98 Å². The molecule has 0 aliphatic rings. The maximum atomic E-state index is 12.8. The van der Waals surface area contributed by atoms with Gasteiger partial charge in [0.15, 0.2) is 0 Å². The fourth-order valence-electron chi connectivity index (χ4n) is 1.63. The molecule has 92 valence electrons. The van der Waals surface area contributed by atoms with Crippen molar-refractivity contribution in [2.45, 2.75) is 20.4 Å². The summed E-state index contributed by atoms with van der Waals surface area (Å²) >= 11 is 0. The smallest absolute Gasteiger partial charge is 0.445 e. The topological polar surface area (TPSA) is 74.8 Å². The largest absolute Gasteiger partial charge is 1.00 e. The SMILES string of the molecule is Cc1c(CN=[N+]=[N-])cc([B-](F)(F)F)c(C)c1N.[K+]. The van der Waals surface area contributed by atoms with E-state index < -0.39 is 12.4 Å². The molecular formula is C9H11BF3KN4. The standard InChI is InChI=1S/C9H11BF3N4.K/c1-5-7(4-16-17-15)3-8(10(11,12)13)6(2)9(5)14;/h3H,4,14H2,1-2H3;/q-1;+1. The molecule has 0 heterocycles. The van der Waals surface area contributed by atoms with Gasteiger partial charge >= 0.3 is 58.4 Å². The van der Waals surface area contributed by atoms with Gasteiger partial charge in [0.2, 0.25) is 0 Å². The molecule has 0 aromatic heterocycles. The Morgan fingerprint density at radius 3 is 2.33 bits per heavy atom. The van der Waals surface area contributed by atoms with E-state index in [9.17, 15) is 12.9 Å². The molecule has 0 aliphatic heterocycles. The number of rotatable bonds is 3. The average Bonchev–Trinajstić information content (AvgIpc) is 2.23. The molecular weight excluding hydrogens is 271 g/mol. The first-order valence-electron chi connectivity index (χ1n) is 4.88. The predicted molar refractivity (Wildman–Crippen MR) is 61.9 cm³/mol. The Bertz CT molecular complexity index is 498. The normalized spacial score (nSPS) is 10.5. The van der Waals surface area contributed by atoms with Crippen LogP contribution in [0.15, 0.2) is 11.2 Å². The molecule has 0 spiro atoms. The Kier molecular flexibility index (Phi) is 6.77. The number of nitrogens with zero attached hydrogens (tertiary/aromatic N) is 3. The molecule has 0 radical (unpaired) electrons. The summed E-state index contributed by atoms with van der Waals surface area (Å²) in [5, 5.41) is 3.26. The van der Waals surface area contributed by atoms with Gasteiger partial charge in [0.1, 0.15) is 0 Å². The van der Waals surface area contributed by atoms with Crippen LogP contribution in [0.5, 0.6) is 0 Å². The van der Waals surface area contributed by atoms with E-state index in [2.05, 4.69) is 10.0 Å². The number of hydrogen-bond acceptors (Lipinski definition) is 2. The minimum absolute atomic E-state index is 0. The van der Waals surface area contributed by atoms with E-state index in [1.54, 1.807) is 6.92 Å². The molecule has 0 bridgehead atoms. The van der Waals surface area contributed by atoms with E-state index in [1.807, 2.05) is 0 Å². The van der Waals surface area contributed by atoms with Crippen molar-refractivity contribution < 1.29 is 64.3 Å². The Labute approximate surface area is 145 Å². The molecule has 1 rings (SSSR count). The summed E-state index contributed by atoms with van der Waals surface area (Å²) in [4.78, 5) is 2.52. The van der Waals surface area contributed by atoms with Crippen molar-refractivity contribution in [3.8, 4) is 0 Å². The molecule has 1 aromatic rings. The molecule has 4 nitrogen and oxygen atoms in total. The van der Waals surface area contributed by atoms with Crippen LogP contribution in [0.1, 0.15) is 16.7 Å². The van der Waals surface area contributed by atoms with Gasteiger partial charge in [0.05, 0.1) is 6.54 Å². The molecule has 1 aromatic carbocycles. The quantitative estimate of drug-likeness (QED) is 0.268. The van der Waals surface area contributed by atoms with Gasteiger partial charge in [-0.3, -0.25) is 0 Å². The van der Waals surface area contributed by atoms with Gasteiger partial charge in [0, 0.05) is 10.6 Å². The van der Waals surface area contributed by atoms with E-state index in [4.69, 9.17) is 11.3 Å².